The Hall–Kier alpha value is -1.29. The highest BCUT2D eigenvalue weighted by atomic mass is 79.9. The van der Waals surface area contributed by atoms with Crippen molar-refractivity contribution in [1.82, 2.24) is 0 Å². The molecule has 152 valence electrons. The van der Waals surface area contributed by atoms with Crippen LogP contribution in [0.2, 0.25) is 0 Å². The van der Waals surface area contributed by atoms with Gasteiger partial charge in [0, 0.05) is 19.6 Å². The molecular formula is C22H8B2Br2O2S4. The first kappa shape index (κ1) is 21.3. The number of aromatic hydroxyl groups is 2. The lowest BCUT2D eigenvalue weighted by Crippen LogP contribution is -2.04. The Morgan fingerprint density at radius 2 is 1.19 bits per heavy atom. The van der Waals surface area contributed by atoms with Crippen molar-refractivity contribution in [2.75, 3.05) is 0 Å². The Kier molecular flexibility index (Phi) is 5.06. The Balaban J connectivity index is 1.57. The van der Waals surface area contributed by atoms with Gasteiger partial charge in [0.1, 0.15) is 27.2 Å². The van der Waals surface area contributed by atoms with E-state index in [-0.39, 0.29) is 11.5 Å². The maximum Gasteiger partial charge on any atom is 0.117 e. The molecule has 0 aliphatic carbocycles. The largest absolute Gasteiger partial charge is 0.508 e. The molecule has 0 amide bonds. The van der Waals surface area contributed by atoms with Crippen LogP contribution < -0.4 is 10.9 Å². The van der Waals surface area contributed by atoms with Gasteiger partial charge in [-0.25, -0.2) is 0 Å². The molecule has 0 saturated heterocycles. The topological polar surface area (TPSA) is 40.5 Å². The van der Waals surface area contributed by atoms with Gasteiger partial charge in [0.25, 0.3) is 0 Å². The second-order valence-corrected chi connectivity index (χ2v) is 12.9. The predicted octanol–water partition coefficient (Wildman–Crippen LogP) is 7.25. The molecule has 0 aliphatic rings. The van der Waals surface area contributed by atoms with Gasteiger partial charge in [0.05, 0.1) is 32.8 Å². The number of benzene rings is 2. The molecule has 4 aromatic heterocycles. The van der Waals surface area contributed by atoms with E-state index in [0.717, 1.165) is 40.0 Å². The highest BCUT2D eigenvalue weighted by molar-refractivity contribution is 9.11. The second kappa shape index (κ2) is 7.61. The number of halogens is 2. The third-order valence-corrected chi connectivity index (χ3v) is 12.8. The van der Waals surface area contributed by atoms with Crippen LogP contribution in [0.1, 0.15) is 0 Å². The van der Waals surface area contributed by atoms with Crippen molar-refractivity contribution in [2.45, 2.75) is 0 Å². The van der Waals surface area contributed by atoms with E-state index in [4.69, 9.17) is 15.7 Å². The molecule has 32 heavy (non-hydrogen) atoms. The molecule has 2 N–H and O–H groups in total. The van der Waals surface area contributed by atoms with E-state index >= 15 is 0 Å². The Morgan fingerprint density at radius 1 is 0.625 bits per heavy atom. The number of rotatable bonds is 2. The zero-order chi connectivity index (χ0) is 22.3. The van der Waals surface area contributed by atoms with Gasteiger partial charge in [-0.1, -0.05) is 17.0 Å². The summed E-state index contributed by atoms with van der Waals surface area (Å²) in [5.74, 6) is 0.376. The number of thiophene rings is 4. The zero-order valence-electron chi connectivity index (χ0n) is 15.9. The summed E-state index contributed by atoms with van der Waals surface area (Å²) in [4.78, 5) is 2.07. The maximum absolute atomic E-state index is 9.74. The summed E-state index contributed by atoms with van der Waals surface area (Å²) in [5.41, 5.74) is 3.22. The number of phenolic OH excluding ortho intramolecular Hbond substituents is 2. The highest BCUT2D eigenvalue weighted by Gasteiger charge is 2.23. The van der Waals surface area contributed by atoms with Gasteiger partial charge in [-0.2, -0.15) is 0 Å². The summed E-state index contributed by atoms with van der Waals surface area (Å²) in [6.45, 7) is 0. The van der Waals surface area contributed by atoms with Gasteiger partial charge in [-0.05, 0) is 67.8 Å². The fourth-order valence-corrected chi connectivity index (χ4v) is 11.3. The number of hydrogen-bond donors (Lipinski definition) is 2. The molecule has 6 aromatic rings. The minimum Gasteiger partial charge on any atom is -0.508 e. The van der Waals surface area contributed by atoms with Crippen molar-refractivity contribution >= 4 is 132 Å². The van der Waals surface area contributed by atoms with Gasteiger partial charge in [-0.3, -0.25) is 0 Å². The molecule has 0 unspecified atom stereocenters. The van der Waals surface area contributed by atoms with Crippen molar-refractivity contribution < 1.29 is 10.2 Å². The molecule has 0 saturated carbocycles. The van der Waals surface area contributed by atoms with E-state index in [1.165, 1.54) is 23.5 Å². The molecule has 0 atom stereocenters. The van der Waals surface area contributed by atoms with Crippen LogP contribution in [-0.2, 0) is 0 Å². The summed E-state index contributed by atoms with van der Waals surface area (Å²) in [6.07, 6.45) is 0. The van der Waals surface area contributed by atoms with Crippen molar-refractivity contribution in [3.63, 3.8) is 0 Å². The molecule has 10 heteroatoms. The smallest absolute Gasteiger partial charge is 0.117 e. The molecule has 0 aliphatic heterocycles. The summed E-state index contributed by atoms with van der Waals surface area (Å²) in [6, 6.07) is 10.3. The van der Waals surface area contributed by atoms with Gasteiger partial charge < -0.3 is 10.2 Å². The summed E-state index contributed by atoms with van der Waals surface area (Å²) >= 11 is 14.2. The first-order chi connectivity index (χ1) is 15.3. The van der Waals surface area contributed by atoms with Crippen molar-refractivity contribution in [2.24, 2.45) is 0 Å². The number of phenols is 2. The molecule has 4 heterocycles. The Labute approximate surface area is 218 Å². The molecule has 4 radical (unpaired) electrons. The van der Waals surface area contributed by atoms with E-state index in [1.54, 1.807) is 69.6 Å². The first-order valence-corrected chi connectivity index (χ1v) is 14.1. The van der Waals surface area contributed by atoms with E-state index < -0.39 is 0 Å². The second-order valence-electron chi connectivity index (χ2n) is 7.20. The van der Waals surface area contributed by atoms with Crippen molar-refractivity contribution in [1.29, 1.82) is 0 Å². The summed E-state index contributed by atoms with van der Waals surface area (Å²) in [7, 11) is 12.8. The van der Waals surface area contributed by atoms with E-state index in [1.807, 2.05) is 12.1 Å². The molecule has 0 fully saturated rings. The first-order valence-electron chi connectivity index (χ1n) is 9.26. The standard InChI is InChI=1S/C22H8B2Br2O2S4/c23-11-5-7(27)1-3-9(11)16-14(26)18-20(30-16)22-21(32-18)19-17(31-22)13(24)15(29-19)10-4-2-8(28)6-12(10)25/h1-6,27-28H. The van der Waals surface area contributed by atoms with Crippen LogP contribution in [0.25, 0.3) is 49.1 Å². The third-order valence-electron chi connectivity index (χ3n) is 5.21. The van der Waals surface area contributed by atoms with Crippen molar-refractivity contribution in [3.8, 4) is 32.4 Å². The van der Waals surface area contributed by atoms with Gasteiger partial charge in [-0.15, -0.1) is 45.3 Å². The minimum atomic E-state index is 0.160. The van der Waals surface area contributed by atoms with E-state index in [0.29, 0.717) is 5.46 Å². The third kappa shape index (κ3) is 3.07. The quantitative estimate of drug-likeness (QED) is 0.202. The normalized spacial score (nSPS) is 11.9. The van der Waals surface area contributed by atoms with Crippen LogP contribution in [0.5, 0.6) is 11.5 Å². The van der Waals surface area contributed by atoms with Crippen LogP contribution in [0.4, 0.5) is 0 Å². The monoisotopic (exact) mass is 612 g/mol. The van der Waals surface area contributed by atoms with E-state index in [9.17, 15) is 10.2 Å². The lowest BCUT2D eigenvalue weighted by molar-refractivity contribution is 0.475. The predicted molar refractivity (Wildman–Crippen MR) is 151 cm³/mol. The summed E-state index contributed by atoms with van der Waals surface area (Å²) in [5, 5.41) is 19.4. The molecule has 2 aromatic carbocycles. The Morgan fingerprint density at radius 3 is 1.88 bits per heavy atom. The van der Waals surface area contributed by atoms with Gasteiger partial charge >= 0.3 is 0 Å². The number of hydrogen-bond acceptors (Lipinski definition) is 6. The SMILES string of the molecule is [B]c1cc(O)ccc1-c1sc2c(sc3c4sc(-c5ccc(O)cc5Br)c([B])c4sc23)c1Br. The average Bonchev–Trinajstić information content (AvgIpc) is 3.43. The maximum atomic E-state index is 9.74. The highest BCUT2D eigenvalue weighted by Crippen LogP contribution is 2.54. The molecule has 0 spiro atoms. The molecule has 6 rings (SSSR count). The molecule has 0 bridgehead atoms. The molecular weight excluding hydrogens is 606 g/mol. The van der Waals surface area contributed by atoms with Crippen LogP contribution in [-0.4, -0.2) is 25.9 Å². The minimum absolute atomic E-state index is 0.160. The van der Waals surface area contributed by atoms with E-state index in [2.05, 4.69) is 31.9 Å². The fraction of sp³-hybridized carbons (Fsp3) is 0. The fourth-order valence-electron chi connectivity index (χ4n) is 3.73. The van der Waals surface area contributed by atoms with Crippen LogP contribution in [0, 0.1) is 0 Å². The van der Waals surface area contributed by atoms with Crippen LogP contribution in [0.15, 0.2) is 45.3 Å². The van der Waals surface area contributed by atoms with Crippen LogP contribution in [0.3, 0.4) is 0 Å². The lowest BCUT2D eigenvalue weighted by Gasteiger charge is -2.05. The van der Waals surface area contributed by atoms with Crippen LogP contribution >= 0.6 is 77.2 Å². The zero-order valence-corrected chi connectivity index (χ0v) is 22.3. The summed E-state index contributed by atoms with van der Waals surface area (Å²) < 4.78 is 9.05. The van der Waals surface area contributed by atoms with Gasteiger partial charge in [0.2, 0.25) is 0 Å². The van der Waals surface area contributed by atoms with Crippen molar-refractivity contribution in [3.05, 3.63) is 45.3 Å². The number of fused-ring (bicyclic) bond motifs is 5. The Bertz CT molecular complexity index is 1580. The lowest BCUT2D eigenvalue weighted by atomic mass is 9.90. The van der Waals surface area contributed by atoms with Gasteiger partial charge in [0.15, 0.2) is 0 Å². The average molecular weight is 614 g/mol. The molecule has 2 nitrogen and oxygen atoms in total.